The number of hydrogen-bond donors (Lipinski definition) is 1. The number of benzene rings is 2. The van der Waals surface area contributed by atoms with E-state index >= 15 is 0 Å². The zero-order valence-corrected chi connectivity index (χ0v) is 14.9. The largest absolute Gasteiger partial charge is 0.464 e. The van der Waals surface area contributed by atoms with Gasteiger partial charge >= 0.3 is 0 Å². The van der Waals surface area contributed by atoms with Crippen molar-refractivity contribution in [3.8, 4) is 0 Å². The van der Waals surface area contributed by atoms with Crippen LogP contribution in [-0.4, -0.2) is 20.6 Å². The third-order valence-corrected chi connectivity index (χ3v) is 5.14. The van der Waals surface area contributed by atoms with Crippen LogP contribution in [0.25, 0.3) is 11.0 Å². The van der Waals surface area contributed by atoms with Crippen LogP contribution >= 0.6 is 0 Å². The lowest BCUT2D eigenvalue weighted by Crippen LogP contribution is -2.14. The van der Waals surface area contributed by atoms with Gasteiger partial charge in [0.15, 0.2) is 9.84 Å². The summed E-state index contributed by atoms with van der Waals surface area (Å²) < 4.78 is 28.7. The van der Waals surface area contributed by atoms with Crippen LogP contribution in [0.1, 0.15) is 18.1 Å². The Kier molecular flexibility index (Phi) is 4.63. The zero-order valence-electron chi connectivity index (χ0n) is 14.1. The van der Waals surface area contributed by atoms with Gasteiger partial charge in [-0.15, -0.1) is 0 Å². The summed E-state index contributed by atoms with van der Waals surface area (Å²) in [6.45, 7) is 2.07. The van der Waals surface area contributed by atoms with Gasteiger partial charge in [-0.2, -0.15) is 0 Å². The van der Waals surface area contributed by atoms with Crippen molar-refractivity contribution in [3.63, 3.8) is 0 Å². The molecular formula is C19H19NO4S. The number of aryl methyl sites for hydroxylation is 1. The van der Waals surface area contributed by atoms with Gasteiger partial charge in [-0.25, -0.2) is 8.42 Å². The molecule has 0 aliphatic rings. The van der Waals surface area contributed by atoms with E-state index in [0.29, 0.717) is 5.69 Å². The van der Waals surface area contributed by atoms with Gasteiger partial charge in [0.25, 0.3) is 0 Å². The molecule has 0 aliphatic heterocycles. The normalized spacial score (nSPS) is 11.6. The van der Waals surface area contributed by atoms with Crippen molar-refractivity contribution >= 4 is 32.4 Å². The van der Waals surface area contributed by atoms with Crippen LogP contribution in [0.2, 0.25) is 0 Å². The van der Waals surface area contributed by atoms with Crippen LogP contribution < -0.4 is 5.32 Å². The lowest BCUT2D eigenvalue weighted by molar-refractivity contribution is -0.115. The average Bonchev–Trinajstić information content (AvgIpc) is 2.96. The second-order valence-corrected chi connectivity index (χ2v) is 7.99. The fourth-order valence-electron chi connectivity index (χ4n) is 2.67. The molecule has 0 unspecified atom stereocenters. The first-order valence-corrected chi connectivity index (χ1v) is 9.85. The smallest absolute Gasteiger partial charge is 0.228 e. The number of rotatable bonds is 5. The van der Waals surface area contributed by atoms with Gasteiger partial charge in [0.05, 0.1) is 17.6 Å². The van der Waals surface area contributed by atoms with Gasteiger partial charge in [0.1, 0.15) is 5.58 Å². The standard InChI is InChI=1S/C19H19NO4S/c1-3-13-7-8-17-14(12-24-18(17)9-13)10-19(21)20-15-5-4-6-16(11-15)25(2,22)23/h4-9,11-12H,3,10H2,1-2H3,(H,20,21). The van der Waals surface area contributed by atoms with Crippen LogP contribution in [0.5, 0.6) is 0 Å². The molecule has 0 bridgehead atoms. The summed E-state index contributed by atoms with van der Waals surface area (Å²) in [5, 5.41) is 3.65. The molecule has 1 N–H and O–H groups in total. The fourth-order valence-corrected chi connectivity index (χ4v) is 3.33. The van der Waals surface area contributed by atoms with E-state index in [9.17, 15) is 13.2 Å². The number of fused-ring (bicyclic) bond motifs is 1. The predicted molar refractivity (Wildman–Crippen MR) is 97.5 cm³/mol. The maximum Gasteiger partial charge on any atom is 0.228 e. The van der Waals surface area contributed by atoms with E-state index in [2.05, 4.69) is 12.2 Å². The molecule has 0 radical (unpaired) electrons. The van der Waals surface area contributed by atoms with Gasteiger partial charge in [0.2, 0.25) is 5.91 Å². The van der Waals surface area contributed by atoms with Crippen molar-refractivity contribution in [2.75, 3.05) is 11.6 Å². The second kappa shape index (κ2) is 6.72. The molecule has 25 heavy (non-hydrogen) atoms. The topological polar surface area (TPSA) is 76.4 Å². The van der Waals surface area contributed by atoms with Gasteiger partial charge in [-0.1, -0.05) is 25.1 Å². The molecule has 5 nitrogen and oxygen atoms in total. The lowest BCUT2D eigenvalue weighted by Gasteiger charge is -2.06. The summed E-state index contributed by atoms with van der Waals surface area (Å²) in [5.41, 5.74) is 3.19. The Morgan fingerprint density at radius 3 is 2.68 bits per heavy atom. The van der Waals surface area contributed by atoms with Gasteiger partial charge in [-0.3, -0.25) is 4.79 Å². The minimum absolute atomic E-state index is 0.154. The molecule has 3 aromatic rings. The van der Waals surface area contributed by atoms with E-state index in [1.807, 2.05) is 18.2 Å². The minimum atomic E-state index is -3.31. The molecule has 0 atom stereocenters. The SMILES string of the molecule is CCc1ccc2c(CC(=O)Nc3cccc(S(C)(=O)=O)c3)coc2c1. The third kappa shape index (κ3) is 3.91. The maximum absolute atomic E-state index is 12.3. The molecular weight excluding hydrogens is 338 g/mol. The molecule has 2 aromatic carbocycles. The molecule has 3 rings (SSSR count). The van der Waals surface area contributed by atoms with Crippen molar-refractivity contribution in [3.05, 3.63) is 59.9 Å². The Bertz CT molecular complexity index is 1030. The first-order valence-electron chi connectivity index (χ1n) is 7.96. The maximum atomic E-state index is 12.3. The van der Waals surface area contributed by atoms with Crippen LogP contribution in [0.3, 0.4) is 0 Å². The van der Waals surface area contributed by atoms with Gasteiger partial charge < -0.3 is 9.73 Å². The fraction of sp³-hybridized carbons (Fsp3) is 0.211. The highest BCUT2D eigenvalue weighted by atomic mass is 32.2. The number of sulfone groups is 1. The summed E-state index contributed by atoms with van der Waals surface area (Å²) in [7, 11) is -3.31. The van der Waals surface area contributed by atoms with E-state index < -0.39 is 9.84 Å². The molecule has 0 saturated heterocycles. The monoisotopic (exact) mass is 357 g/mol. The van der Waals surface area contributed by atoms with Crippen LogP contribution in [0, 0.1) is 0 Å². The number of carbonyl (C=O) groups excluding carboxylic acids is 1. The van der Waals surface area contributed by atoms with Gasteiger partial charge in [0, 0.05) is 22.9 Å². The quantitative estimate of drug-likeness (QED) is 0.757. The molecule has 1 heterocycles. The highest BCUT2D eigenvalue weighted by molar-refractivity contribution is 7.90. The number of anilines is 1. The van der Waals surface area contributed by atoms with Crippen molar-refractivity contribution < 1.29 is 17.6 Å². The molecule has 0 saturated carbocycles. The summed E-state index contributed by atoms with van der Waals surface area (Å²) in [6, 6.07) is 12.2. The number of amides is 1. The summed E-state index contributed by atoms with van der Waals surface area (Å²) in [4.78, 5) is 12.5. The number of nitrogens with one attached hydrogen (secondary N) is 1. The molecule has 0 spiro atoms. The second-order valence-electron chi connectivity index (χ2n) is 5.97. The van der Waals surface area contributed by atoms with E-state index in [-0.39, 0.29) is 17.2 Å². The average molecular weight is 357 g/mol. The van der Waals surface area contributed by atoms with E-state index in [1.165, 1.54) is 17.7 Å². The minimum Gasteiger partial charge on any atom is -0.464 e. The number of carbonyl (C=O) groups is 1. The van der Waals surface area contributed by atoms with Crippen molar-refractivity contribution in [1.29, 1.82) is 0 Å². The summed E-state index contributed by atoms with van der Waals surface area (Å²) in [5.74, 6) is -0.229. The Hall–Kier alpha value is -2.60. The van der Waals surface area contributed by atoms with E-state index in [1.54, 1.807) is 18.4 Å². The number of furan rings is 1. The first kappa shape index (κ1) is 17.2. The third-order valence-electron chi connectivity index (χ3n) is 4.03. The molecule has 6 heteroatoms. The van der Waals surface area contributed by atoms with Crippen molar-refractivity contribution in [2.24, 2.45) is 0 Å². The Morgan fingerprint density at radius 1 is 1.16 bits per heavy atom. The highest BCUT2D eigenvalue weighted by Gasteiger charge is 2.12. The number of hydrogen-bond acceptors (Lipinski definition) is 4. The molecule has 130 valence electrons. The predicted octanol–water partition coefficient (Wildman–Crippen LogP) is 3.58. The summed E-state index contributed by atoms with van der Waals surface area (Å²) in [6.07, 6.45) is 3.80. The molecule has 1 amide bonds. The highest BCUT2D eigenvalue weighted by Crippen LogP contribution is 2.24. The molecule has 0 fully saturated rings. The van der Waals surface area contributed by atoms with Gasteiger partial charge in [-0.05, 0) is 36.2 Å². The van der Waals surface area contributed by atoms with Crippen LogP contribution in [0.15, 0.2) is 58.0 Å². The molecule has 0 aliphatic carbocycles. The zero-order chi connectivity index (χ0) is 18.0. The van der Waals surface area contributed by atoms with Crippen LogP contribution in [-0.2, 0) is 27.5 Å². The molecule has 1 aromatic heterocycles. The first-order chi connectivity index (χ1) is 11.9. The van der Waals surface area contributed by atoms with E-state index in [0.717, 1.165) is 29.2 Å². The van der Waals surface area contributed by atoms with Crippen molar-refractivity contribution in [2.45, 2.75) is 24.7 Å². The Balaban J connectivity index is 1.77. The van der Waals surface area contributed by atoms with Crippen LogP contribution in [0.4, 0.5) is 5.69 Å². The lowest BCUT2D eigenvalue weighted by atomic mass is 10.1. The Morgan fingerprint density at radius 2 is 1.96 bits per heavy atom. The van der Waals surface area contributed by atoms with Crippen molar-refractivity contribution in [1.82, 2.24) is 0 Å². The van der Waals surface area contributed by atoms with E-state index in [4.69, 9.17) is 4.42 Å². The Labute approximate surface area is 146 Å². The summed E-state index contributed by atoms with van der Waals surface area (Å²) >= 11 is 0.